The molecule has 1 saturated heterocycles. The lowest BCUT2D eigenvalue weighted by Gasteiger charge is -2.09. The molecule has 1 unspecified atom stereocenters. The Kier molecular flexibility index (Phi) is 3.76. The van der Waals surface area contributed by atoms with Crippen molar-refractivity contribution < 1.29 is 23.5 Å². The first-order valence-electron chi connectivity index (χ1n) is 6.71. The van der Waals surface area contributed by atoms with E-state index in [0.717, 1.165) is 6.07 Å². The van der Waals surface area contributed by atoms with Gasteiger partial charge in [-0.25, -0.2) is 9.18 Å². The van der Waals surface area contributed by atoms with E-state index in [0.29, 0.717) is 11.3 Å². The molecule has 0 spiro atoms. The van der Waals surface area contributed by atoms with E-state index in [2.05, 4.69) is 5.32 Å². The van der Waals surface area contributed by atoms with E-state index in [1.165, 1.54) is 18.2 Å². The topological polar surface area (TPSA) is 84.5 Å². The lowest BCUT2D eigenvalue weighted by molar-refractivity contribution is -0.123. The minimum atomic E-state index is -0.990. The van der Waals surface area contributed by atoms with Gasteiger partial charge in [0.1, 0.15) is 5.82 Å². The molecule has 116 valence electrons. The third-order valence-corrected chi connectivity index (χ3v) is 3.25. The van der Waals surface area contributed by atoms with Crippen molar-refractivity contribution in [1.29, 1.82) is 0 Å². The molecule has 6 nitrogen and oxygen atoms in total. The molecule has 1 fully saturated rings. The molecule has 3 amide bonds. The summed E-state index contributed by atoms with van der Waals surface area (Å²) in [6, 6.07) is 11.6. The van der Waals surface area contributed by atoms with Crippen LogP contribution in [0.4, 0.5) is 14.9 Å². The van der Waals surface area contributed by atoms with Gasteiger partial charge in [0.15, 0.2) is 0 Å². The van der Waals surface area contributed by atoms with Crippen molar-refractivity contribution in [3.05, 3.63) is 65.5 Å². The molecule has 0 aromatic heterocycles. The van der Waals surface area contributed by atoms with Crippen LogP contribution in [0.2, 0.25) is 0 Å². The van der Waals surface area contributed by atoms with Crippen LogP contribution in [0.5, 0.6) is 0 Å². The summed E-state index contributed by atoms with van der Waals surface area (Å²) in [5.74, 6) is -1.49. The zero-order valence-electron chi connectivity index (χ0n) is 11.7. The van der Waals surface area contributed by atoms with Gasteiger partial charge in [-0.05, 0) is 30.3 Å². The van der Waals surface area contributed by atoms with E-state index in [1.807, 2.05) is 5.32 Å². The fraction of sp³-hybridized carbons (Fsp3) is 0.0625. The van der Waals surface area contributed by atoms with Gasteiger partial charge < -0.3 is 10.1 Å². The Hall–Kier alpha value is -3.22. The van der Waals surface area contributed by atoms with Gasteiger partial charge in [-0.15, -0.1) is 0 Å². The monoisotopic (exact) mass is 314 g/mol. The molecule has 3 rings (SSSR count). The fourth-order valence-electron chi connectivity index (χ4n) is 2.15. The maximum atomic E-state index is 13.1. The summed E-state index contributed by atoms with van der Waals surface area (Å²) in [5.41, 5.74) is 1.14. The fourth-order valence-corrected chi connectivity index (χ4v) is 2.15. The standard InChI is InChI=1S/C16H11FN2O4/c17-11-3-1-2-10(8-11)14(20)18-12-6-4-9(5-7-12)13-15(21)19-16(22)23-13/h1-8,13H,(H,18,20)(H,19,21,22). The van der Waals surface area contributed by atoms with Gasteiger partial charge in [0.25, 0.3) is 11.8 Å². The van der Waals surface area contributed by atoms with Gasteiger partial charge in [0, 0.05) is 16.8 Å². The second kappa shape index (κ2) is 5.88. The van der Waals surface area contributed by atoms with Crippen molar-refractivity contribution >= 4 is 23.6 Å². The number of cyclic esters (lactones) is 1. The van der Waals surface area contributed by atoms with Crippen LogP contribution in [0.15, 0.2) is 48.5 Å². The van der Waals surface area contributed by atoms with Crippen LogP contribution in [0, 0.1) is 5.82 Å². The molecule has 23 heavy (non-hydrogen) atoms. The van der Waals surface area contributed by atoms with Crippen molar-refractivity contribution in [3.63, 3.8) is 0 Å². The highest BCUT2D eigenvalue weighted by molar-refractivity contribution is 6.04. The minimum Gasteiger partial charge on any atom is -0.431 e. The molecule has 1 aliphatic rings. The van der Waals surface area contributed by atoms with Crippen LogP contribution in [0.3, 0.4) is 0 Å². The van der Waals surface area contributed by atoms with Crippen molar-refractivity contribution in [3.8, 4) is 0 Å². The number of anilines is 1. The molecule has 7 heteroatoms. The number of imide groups is 1. The molecular formula is C16H11FN2O4. The summed E-state index contributed by atoms with van der Waals surface area (Å²) in [6.07, 6.45) is -1.78. The second-order valence-electron chi connectivity index (χ2n) is 4.86. The van der Waals surface area contributed by atoms with Crippen molar-refractivity contribution in [1.82, 2.24) is 5.32 Å². The Bertz CT molecular complexity index is 789. The van der Waals surface area contributed by atoms with E-state index in [1.54, 1.807) is 24.3 Å². The van der Waals surface area contributed by atoms with E-state index >= 15 is 0 Å². The zero-order valence-corrected chi connectivity index (χ0v) is 11.7. The number of benzene rings is 2. The van der Waals surface area contributed by atoms with Crippen LogP contribution in [-0.2, 0) is 9.53 Å². The maximum Gasteiger partial charge on any atom is 0.415 e. The Morgan fingerprint density at radius 1 is 1.13 bits per heavy atom. The summed E-state index contributed by atoms with van der Waals surface area (Å²) in [4.78, 5) is 34.5. The number of alkyl carbamates (subject to hydrolysis) is 1. The van der Waals surface area contributed by atoms with Crippen molar-refractivity contribution in [2.24, 2.45) is 0 Å². The summed E-state index contributed by atoms with van der Waals surface area (Å²) in [6.45, 7) is 0. The van der Waals surface area contributed by atoms with Crippen LogP contribution in [0.1, 0.15) is 22.0 Å². The van der Waals surface area contributed by atoms with Gasteiger partial charge >= 0.3 is 6.09 Å². The maximum absolute atomic E-state index is 13.1. The Morgan fingerprint density at radius 3 is 2.48 bits per heavy atom. The molecule has 2 aromatic carbocycles. The van der Waals surface area contributed by atoms with Gasteiger partial charge in [-0.2, -0.15) is 0 Å². The van der Waals surface area contributed by atoms with Crippen LogP contribution >= 0.6 is 0 Å². The summed E-state index contributed by atoms with van der Waals surface area (Å²) < 4.78 is 17.9. The predicted molar refractivity (Wildman–Crippen MR) is 78.2 cm³/mol. The highest BCUT2D eigenvalue weighted by Crippen LogP contribution is 2.23. The number of ether oxygens (including phenoxy) is 1. The van der Waals surface area contributed by atoms with E-state index in [9.17, 15) is 18.8 Å². The van der Waals surface area contributed by atoms with Crippen molar-refractivity contribution in [2.45, 2.75) is 6.10 Å². The average Bonchev–Trinajstić information content (AvgIpc) is 2.86. The largest absolute Gasteiger partial charge is 0.431 e. The lowest BCUT2D eigenvalue weighted by atomic mass is 10.1. The molecule has 2 aromatic rings. The first kappa shape index (κ1) is 14.7. The molecule has 1 atom stereocenters. The highest BCUT2D eigenvalue weighted by Gasteiger charge is 2.33. The summed E-state index contributed by atoms with van der Waals surface area (Å²) >= 11 is 0. The summed E-state index contributed by atoms with van der Waals surface area (Å²) in [5, 5.41) is 4.64. The molecular weight excluding hydrogens is 303 g/mol. The zero-order chi connectivity index (χ0) is 16.4. The minimum absolute atomic E-state index is 0.193. The Balaban J connectivity index is 1.71. The predicted octanol–water partition coefficient (Wildman–Crippen LogP) is 2.39. The van der Waals surface area contributed by atoms with Crippen LogP contribution in [0.25, 0.3) is 0 Å². The number of carbonyl (C=O) groups excluding carboxylic acids is 3. The second-order valence-corrected chi connectivity index (χ2v) is 4.86. The van der Waals surface area contributed by atoms with Gasteiger partial charge in [-0.1, -0.05) is 18.2 Å². The van der Waals surface area contributed by atoms with Gasteiger partial charge in [0.05, 0.1) is 0 Å². The van der Waals surface area contributed by atoms with Gasteiger partial charge in [0.2, 0.25) is 6.10 Å². The smallest absolute Gasteiger partial charge is 0.415 e. The van der Waals surface area contributed by atoms with Gasteiger partial charge in [-0.3, -0.25) is 14.9 Å². The van der Waals surface area contributed by atoms with Crippen LogP contribution in [-0.4, -0.2) is 17.9 Å². The summed E-state index contributed by atoms with van der Waals surface area (Å²) in [7, 11) is 0. The normalized spacial score (nSPS) is 16.7. The SMILES string of the molecule is O=C1NC(=O)C(c2ccc(NC(=O)c3cccc(F)c3)cc2)O1. The molecule has 1 aliphatic heterocycles. The average molecular weight is 314 g/mol. The number of carbonyl (C=O) groups is 3. The first-order chi connectivity index (χ1) is 11.0. The lowest BCUT2D eigenvalue weighted by Crippen LogP contribution is -2.20. The third-order valence-electron chi connectivity index (χ3n) is 3.25. The third kappa shape index (κ3) is 3.18. The van der Waals surface area contributed by atoms with Crippen LogP contribution < -0.4 is 10.6 Å². The number of hydrogen-bond acceptors (Lipinski definition) is 4. The number of nitrogens with one attached hydrogen (secondary N) is 2. The number of amides is 3. The number of rotatable bonds is 3. The van der Waals surface area contributed by atoms with Crippen molar-refractivity contribution in [2.75, 3.05) is 5.32 Å². The molecule has 0 saturated carbocycles. The quantitative estimate of drug-likeness (QED) is 0.911. The molecule has 1 heterocycles. The van der Waals surface area contributed by atoms with E-state index in [-0.39, 0.29) is 5.56 Å². The highest BCUT2D eigenvalue weighted by atomic mass is 19.1. The molecule has 0 aliphatic carbocycles. The first-order valence-corrected chi connectivity index (χ1v) is 6.71. The molecule has 2 N–H and O–H groups in total. The van der Waals surface area contributed by atoms with E-state index < -0.39 is 29.8 Å². The molecule has 0 bridgehead atoms. The van der Waals surface area contributed by atoms with E-state index in [4.69, 9.17) is 4.74 Å². The molecule has 0 radical (unpaired) electrons. The Morgan fingerprint density at radius 2 is 1.87 bits per heavy atom. The number of hydrogen-bond donors (Lipinski definition) is 2. The number of halogens is 1. The Labute approximate surface area is 130 Å².